The lowest BCUT2D eigenvalue weighted by atomic mass is 9.91. The number of nitrogens with zero attached hydrogens (tertiary/aromatic N) is 1. The van der Waals surface area contributed by atoms with Crippen molar-refractivity contribution in [2.24, 2.45) is 5.92 Å². The monoisotopic (exact) mass is 299 g/mol. The van der Waals surface area contributed by atoms with E-state index in [1.165, 1.54) is 12.0 Å². The molecular weight excluding hydrogens is 274 g/mol. The molecule has 2 aliphatic carbocycles. The van der Waals surface area contributed by atoms with Crippen molar-refractivity contribution in [3.05, 3.63) is 0 Å². The number of rotatable bonds is 6. The van der Waals surface area contributed by atoms with Gasteiger partial charge in [0.1, 0.15) is 5.60 Å². The summed E-state index contributed by atoms with van der Waals surface area (Å²) in [5.74, 6) is -1.05. The number of aliphatic carboxylic acids is 1. The van der Waals surface area contributed by atoms with Gasteiger partial charge in [-0.2, -0.15) is 0 Å². The molecular formula is C15H25NO5. The molecule has 120 valence electrons. The molecule has 0 aliphatic heterocycles. The molecule has 0 aromatic rings. The van der Waals surface area contributed by atoms with Crippen molar-refractivity contribution in [2.75, 3.05) is 13.7 Å². The van der Waals surface area contributed by atoms with Crippen LogP contribution in [0.15, 0.2) is 0 Å². The van der Waals surface area contributed by atoms with Crippen LogP contribution in [0.4, 0.5) is 4.79 Å². The van der Waals surface area contributed by atoms with Crippen molar-refractivity contribution >= 4 is 12.1 Å². The van der Waals surface area contributed by atoms with Gasteiger partial charge >= 0.3 is 12.1 Å². The molecule has 6 nitrogen and oxygen atoms in total. The minimum Gasteiger partial charge on any atom is -0.479 e. The predicted octanol–water partition coefficient (Wildman–Crippen LogP) is 2.27. The summed E-state index contributed by atoms with van der Waals surface area (Å²) in [7, 11) is 1.47. The first kappa shape index (κ1) is 16.1. The normalized spacial score (nSPS) is 21.5. The van der Waals surface area contributed by atoms with E-state index in [1.807, 2.05) is 0 Å². The molecule has 2 fully saturated rings. The number of ether oxygens (including phenoxy) is 2. The van der Waals surface area contributed by atoms with Gasteiger partial charge in [0.25, 0.3) is 0 Å². The Morgan fingerprint density at radius 1 is 1.19 bits per heavy atom. The zero-order valence-corrected chi connectivity index (χ0v) is 13.2. The Balaban J connectivity index is 2.32. The zero-order valence-electron chi connectivity index (χ0n) is 13.2. The van der Waals surface area contributed by atoms with E-state index < -0.39 is 23.2 Å². The van der Waals surface area contributed by atoms with Crippen LogP contribution in [0.2, 0.25) is 0 Å². The summed E-state index contributed by atoms with van der Waals surface area (Å²) in [6.07, 6.45) is 2.72. The maximum Gasteiger partial charge on any atom is 0.411 e. The van der Waals surface area contributed by atoms with Gasteiger partial charge in [-0.15, -0.1) is 0 Å². The average molecular weight is 299 g/mol. The smallest absolute Gasteiger partial charge is 0.411 e. The van der Waals surface area contributed by atoms with E-state index in [1.54, 1.807) is 20.8 Å². The summed E-state index contributed by atoms with van der Waals surface area (Å²) in [5, 5.41) is 9.83. The molecule has 0 aromatic heterocycles. The van der Waals surface area contributed by atoms with E-state index in [9.17, 15) is 14.7 Å². The van der Waals surface area contributed by atoms with Gasteiger partial charge in [-0.25, -0.2) is 9.59 Å². The molecule has 2 aliphatic rings. The second-order valence-corrected chi connectivity index (χ2v) is 7.02. The van der Waals surface area contributed by atoms with Crippen molar-refractivity contribution in [3.63, 3.8) is 0 Å². The molecule has 6 heteroatoms. The summed E-state index contributed by atoms with van der Waals surface area (Å²) >= 11 is 0. The number of hydrogen-bond acceptors (Lipinski definition) is 4. The van der Waals surface area contributed by atoms with E-state index >= 15 is 0 Å². The van der Waals surface area contributed by atoms with Gasteiger partial charge in [-0.3, -0.25) is 4.90 Å². The highest BCUT2D eigenvalue weighted by molar-refractivity contribution is 5.86. The fourth-order valence-corrected chi connectivity index (χ4v) is 2.79. The molecule has 1 amide bonds. The maximum atomic E-state index is 12.6. The third-order valence-corrected chi connectivity index (χ3v) is 3.92. The highest BCUT2D eigenvalue weighted by Crippen LogP contribution is 2.48. The summed E-state index contributed by atoms with van der Waals surface area (Å²) < 4.78 is 10.6. The predicted molar refractivity (Wildman–Crippen MR) is 76.1 cm³/mol. The molecule has 2 rings (SSSR count). The number of amides is 1. The largest absolute Gasteiger partial charge is 0.479 e. The average Bonchev–Trinajstić information content (AvgIpc) is 3.18. The minimum absolute atomic E-state index is 0.00272. The molecule has 1 atom stereocenters. The minimum atomic E-state index is -1.29. The van der Waals surface area contributed by atoms with Gasteiger partial charge in [0.15, 0.2) is 5.54 Å². The van der Waals surface area contributed by atoms with E-state index in [2.05, 4.69) is 0 Å². The Morgan fingerprint density at radius 3 is 2.10 bits per heavy atom. The fraction of sp³-hybridized carbons (Fsp3) is 0.867. The van der Waals surface area contributed by atoms with Gasteiger partial charge in [0.05, 0.1) is 6.61 Å². The standard InChI is InChI=1S/C15H25NO5/c1-14(2,3)21-13(19)16(11-7-8-11)15(9-20-4,12(17)18)10-5-6-10/h10-11H,5-9H2,1-4H3,(H,17,18). The third-order valence-electron chi connectivity index (χ3n) is 3.92. The summed E-state index contributed by atoms with van der Waals surface area (Å²) in [4.78, 5) is 26.0. The van der Waals surface area contributed by atoms with Crippen molar-refractivity contribution in [1.29, 1.82) is 0 Å². The van der Waals surface area contributed by atoms with Crippen LogP contribution in [0.25, 0.3) is 0 Å². The first-order valence-corrected chi connectivity index (χ1v) is 7.47. The lowest BCUT2D eigenvalue weighted by molar-refractivity contribution is -0.158. The first-order chi connectivity index (χ1) is 9.72. The second-order valence-electron chi connectivity index (χ2n) is 7.02. The Morgan fingerprint density at radius 2 is 1.76 bits per heavy atom. The van der Waals surface area contributed by atoms with Crippen LogP contribution in [0.1, 0.15) is 46.5 Å². The topological polar surface area (TPSA) is 76.1 Å². The Hall–Kier alpha value is -1.30. The Labute approximate surface area is 125 Å². The number of carboxylic acids is 1. The van der Waals surface area contributed by atoms with E-state index in [4.69, 9.17) is 9.47 Å². The lowest BCUT2D eigenvalue weighted by Gasteiger charge is -2.41. The van der Waals surface area contributed by atoms with E-state index in [0.29, 0.717) is 0 Å². The molecule has 1 N–H and O–H groups in total. The first-order valence-electron chi connectivity index (χ1n) is 7.47. The van der Waals surface area contributed by atoms with Gasteiger partial charge < -0.3 is 14.6 Å². The van der Waals surface area contributed by atoms with Crippen molar-refractivity contribution in [1.82, 2.24) is 4.90 Å². The molecule has 0 heterocycles. The SMILES string of the molecule is COCC(C(=O)O)(C1CC1)N(C(=O)OC(C)(C)C)C1CC1. The van der Waals surface area contributed by atoms with Crippen molar-refractivity contribution in [2.45, 2.75) is 63.6 Å². The number of carbonyl (C=O) groups excluding carboxylic acids is 1. The van der Waals surface area contributed by atoms with Crippen LogP contribution in [0.5, 0.6) is 0 Å². The zero-order chi connectivity index (χ0) is 15.8. The lowest BCUT2D eigenvalue weighted by Crippen LogP contribution is -2.63. The highest BCUT2D eigenvalue weighted by atomic mass is 16.6. The van der Waals surface area contributed by atoms with Crippen LogP contribution >= 0.6 is 0 Å². The molecule has 2 saturated carbocycles. The molecule has 0 radical (unpaired) electrons. The molecule has 0 saturated heterocycles. The fourth-order valence-electron chi connectivity index (χ4n) is 2.79. The van der Waals surface area contributed by atoms with Gasteiger partial charge in [-0.05, 0) is 52.4 Å². The quantitative estimate of drug-likeness (QED) is 0.814. The van der Waals surface area contributed by atoms with Gasteiger partial charge in [0.2, 0.25) is 0 Å². The van der Waals surface area contributed by atoms with E-state index in [-0.39, 0.29) is 18.6 Å². The maximum absolute atomic E-state index is 12.6. The number of carboxylic acid groups (broad SMARTS) is 1. The van der Waals surface area contributed by atoms with Crippen LogP contribution in [0.3, 0.4) is 0 Å². The van der Waals surface area contributed by atoms with Crippen LogP contribution in [-0.4, -0.2) is 53.0 Å². The highest BCUT2D eigenvalue weighted by Gasteiger charge is 2.61. The molecule has 0 bridgehead atoms. The van der Waals surface area contributed by atoms with Crippen molar-refractivity contribution < 1.29 is 24.2 Å². The Bertz CT molecular complexity index is 422. The number of hydrogen-bond donors (Lipinski definition) is 1. The second kappa shape index (κ2) is 5.48. The summed E-state index contributed by atoms with van der Waals surface area (Å²) in [5.41, 5.74) is -1.94. The van der Waals surface area contributed by atoms with Crippen LogP contribution in [-0.2, 0) is 14.3 Å². The number of carbonyl (C=O) groups is 2. The van der Waals surface area contributed by atoms with Gasteiger partial charge in [0, 0.05) is 13.2 Å². The molecule has 1 unspecified atom stereocenters. The summed E-state index contributed by atoms with van der Waals surface area (Å²) in [6.45, 7) is 5.35. The molecule has 21 heavy (non-hydrogen) atoms. The van der Waals surface area contributed by atoms with Crippen molar-refractivity contribution in [3.8, 4) is 0 Å². The van der Waals surface area contributed by atoms with Gasteiger partial charge in [-0.1, -0.05) is 0 Å². The molecule has 0 spiro atoms. The summed E-state index contributed by atoms with van der Waals surface area (Å²) in [6, 6.07) is -0.0494. The molecule has 0 aromatic carbocycles. The third kappa shape index (κ3) is 3.31. The Kier molecular flexibility index (Phi) is 4.19. The van der Waals surface area contributed by atoms with Crippen LogP contribution in [0, 0.1) is 5.92 Å². The van der Waals surface area contributed by atoms with E-state index in [0.717, 1.165) is 25.7 Å². The van der Waals surface area contributed by atoms with Crippen LogP contribution < -0.4 is 0 Å². The number of methoxy groups -OCH3 is 1.